The van der Waals surface area contributed by atoms with Gasteiger partial charge in [0, 0.05) is 6.04 Å². The van der Waals surface area contributed by atoms with Gasteiger partial charge < -0.3 is 10.4 Å². The van der Waals surface area contributed by atoms with Crippen LogP contribution in [0, 0.1) is 13.8 Å². The van der Waals surface area contributed by atoms with Crippen molar-refractivity contribution < 1.29 is 5.11 Å². The fourth-order valence-electron chi connectivity index (χ4n) is 1.70. The highest BCUT2D eigenvalue weighted by molar-refractivity contribution is 5.42. The largest absolute Gasteiger partial charge is 0.507 e. The van der Waals surface area contributed by atoms with Gasteiger partial charge in [-0.2, -0.15) is 0 Å². The zero-order valence-corrected chi connectivity index (χ0v) is 10.1. The van der Waals surface area contributed by atoms with Gasteiger partial charge in [-0.15, -0.1) is 0 Å². The summed E-state index contributed by atoms with van der Waals surface area (Å²) >= 11 is 0. The quantitative estimate of drug-likeness (QED) is 0.795. The minimum absolute atomic E-state index is 0.426. The minimum Gasteiger partial charge on any atom is -0.507 e. The van der Waals surface area contributed by atoms with E-state index in [-0.39, 0.29) is 0 Å². The molecule has 0 aliphatic rings. The molecule has 0 saturated heterocycles. The molecule has 0 fully saturated rings. The number of hydrogen-bond acceptors (Lipinski definition) is 2. The standard InChI is InChI=1S/C13H21NO/c1-9(2)14-6-5-12-7-10(3)13(15)11(4)8-12/h7-9,14-15H,5-6H2,1-4H3. The van der Waals surface area contributed by atoms with E-state index in [1.165, 1.54) is 5.56 Å². The molecule has 0 aromatic heterocycles. The lowest BCUT2D eigenvalue weighted by Gasteiger charge is -2.10. The van der Waals surface area contributed by atoms with E-state index < -0.39 is 0 Å². The van der Waals surface area contributed by atoms with Gasteiger partial charge >= 0.3 is 0 Å². The van der Waals surface area contributed by atoms with E-state index in [2.05, 4.69) is 31.3 Å². The summed E-state index contributed by atoms with van der Waals surface area (Å²) in [5.74, 6) is 0.426. The van der Waals surface area contributed by atoms with Crippen LogP contribution in [0.25, 0.3) is 0 Å². The van der Waals surface area contributed by atoms with Crippen LogP contribution >= 0.6 is 0 Å². The van der Waals surface area contributed by atoms with E-state index in [9.17, 15) is 5.11 Å². The summed E-state index contributed by atoms with van der Waals surface area (Å²) in [5, 5.41) is 13.0. The van der Waals surface area contributed by atoms with Crippen molar-refractivity contribution in [2.75, 3.05) is 6.54 Å². The first kappa shape index (κ1) is 12.1. The molecule has 0 aliphatic carbocycles. The second kappa shape index (κ2) is 5.17. The first-order valence-electron chi connectivity index (χ1n) is 5.53. The number of nitrogens with one attached hydrogen (secondary N) is 1. The lowest BCUT2D eigenvalue weighted by Crippen LogP contribution is -2.24. The van der Waals surface area contributed by atoms with Crippen molar-refractivity contribution in [2.45, 2.75) is 40.2 Å². The summed E-state index contributed by atoms with van der Waals surface area (Å²) in [5.41, 5.74) is 3.22. The molecule has 1 rings (SSSR count). The highest BCUT2D eigenvalue weighted by Crippen LogP contribution is 2.22. The van der Waals surface area contributed by atoms with Crippen LogP contribution < -0.4 is 5.32 Å². The van der Waals surface area contributed by atoms with Crippen molar-refractivity contribution in [3.8, 4) is 5.75 Å². The molecule has 84 valence electrons. The predicted octanol–water partition coefficient (Wildman–Crippen LogP) is 2.55. The first-order chi connectivity index (χ1) is 7.00. The van der Waals surface area contributed by atoms with Crippen molar-refractivity contribution in [3.05, 3.63) is 28.8 Å². The summed E-state index contributed by atoms with van der Waals surface area (Å²) < 4.78 is 0. The molecule has 0 atom stereocenters. The van der Waals surface area contributed by atoms with Crippen molar-refractivity contribution in [1.82, 2.24) is 5.32 Å². The monoisotopic (exact) mass is 207 g/mol. The Morgan fingerprint density at radius 3 is 2.20 bits per heavy atom. The van der Waals surface area contributed by atoms with Crippen LogP contribution in [0.1, 0.15) is 30.5 Å². The Bertz CT molecular complexity index is 308. The van der Waals surface area contributed by atoms with Crippen molar-refractivity contribution in [2.24, 2.45) is 0 Å². The molecule has 0 saturated carbocycles. The van der Waals surface area contributed by atoms with Gasteiger partial charge in [0.05, 0.1) is 0 Å². The normalized spacial score (nSPS) is 11.0. The Morgan fingerprint density at radius 1 is 1.20 bits per heavy atom. The maximum Gasteiger partial charge on any atom is 0.121 e. The zero-order chi connectivity index (χ0) is 11.4. The summed E-state index contributed by atoms with van der Waals surface area (Å²) in [6, 6.07) is 4.65. The van der Waals surface area contributed by atoms with Crippen LogP contribution in [-0.4, -0.2) is 17.7 Å². The maximum absolute atomic E-state index is 9.63. The third-order valence-electron chi connectivity index (χ3n) is 2.52. The van der Waals surface area contributed by atoms with Gasteiger partial charge in [-0.05, 0) is 43.5 Å². The predicted molar refractivity (Wildman–Crippen MR) is 64.4 cm³/mol. The maximum atomic E-state index is 9.63. The zero-order valence-electron chi connectivity index (χ0n) is 10.1. The van der Waals surface area contributed by atoms with Crippen LogP contribution in [0.2, 0.25) is 0 Å². The molecule has 0 spiro atoms. The highest BCUT2D eigenvalue weighted by Gasteiger charge is 2.03. The first-order valence-corrected chi connectivity index (χ1v) is 5.53. The molecule has 15 heavy (non-hydrogen) atoms. The van der Waals surface area contributed by atoms with Gasteiger partial charge in [-0.1, -0.05) is 26.0 Å². The molecular formula is C13H21NO. The molecule has 2 heteroatoms. The van der Waals surface area contributed by atoms with Crippen LogP contribution in [0.4, 0.5) is 0 Å². The van der Waals surface area contributed by atoms with Gasteiger partial charge in [0.2, 0.25) is 0 Å². The SMILES string of the molecule is Cc1cc(CCNC(C)C)cc(C)c1O. The second-order valence-electron chi connectivity index (χ2n) is 4.44. The Balaban J connectivity index is 2.63. The number of aromatic hydroxyl groups is 1. The number of rotatable bonds is 4. The van der Waals surface area contributed by atoms with Crippen LogP contribution in [0.5, 0.6) is 5.75 Å². The molecule has 1 aromatic rings. The Labute approximate surface area is 92.3 Å². The molecule has 0 amide bonds. The second-order valence-corrected chi connectivity index (χ2v) is 4.44. The highest BCUT2D eigenvalue weighted by atomic mass is 16.3. The number of benzene rings is 1. The Hall–Kier alpha value is -1.02. The van der Waals surface area contributed by atoms with Gasteiger partial charge in [0.25, 0.3) is 0 Å². The van der Waals surface area contributed by atoms with Gasteiger partial charge in [0.15, 0.2) is 0 Å². The molecule has 0 aliphatic heterocycles. The van der Waals surface area contributed by atoms with E-state index in [1.54, 1.807) is 0 Å². The molecular weight excluding hydrogens is 186 g/mol. The van der Waals surface area contributed by atoms with Crippen LogP contribution in [0.3, 0.4) is 0 Å². The van der Waals surface area contributed by atoms with Crippen molar-refractivity contribution in [1.29, 1.82) is 0 Å². The van der Waals surface area contributed by atoms with E-state index >= 15 is 0 Å². The molecule has 2 nitrogen and oxygen atoms in total. The molecule has 2 N–H and O–H groups in total. The molecule has 0 heterocycles. The average Bonchev–Trinajstić information content (AvgIpc) is 2.13. The topological polar surface area (TPSA) is 32.3 Å². The number of aryl methyl sites for hydroxylation is 2. The van der Waals surface area contributed by atoms with E-state index in [0.717, 1.165) is 24.1 Å². The van der Waals surface area contributed by atoms with E-state index in [4.69, 9.17) is 0 Å². The Morgan fingerprint density at radius 2 is 1.73 bits per heavy atom. The van der Waals surface area contributed by atoms with Crippen LogP contribution in [-0.2, 0) is 6.42 Å². The number of hydrogen-bond donors (Lipinski definition) is 2. The van der Waals surface area contributed by atoms with Gasteiger partial charge in [0.1, 0.15) is 5.75 Å². The lowest BCUT2D eigenvalue weighted by atomic mass is 10.0. The fourth-order valence-corrected chi connectivity index (χ4v) is 1.70. The third-order valence-corrected chi connectivity index (χ3v) is 2.52. The summed E-state index contributed by atoms with van der Waals surface area (Å²) in [6.07, 6.45) is 1.01. The Kier molecular flexibility index (Phi) is 4.15. The average molecular weight is 207 g/mol. The molecule has 0 unspecified atom stereocenters. The minimum atomic E-state index is 0.426. The molecule has 1 aromatic carbocycles. The van der Waals surface area contributed by atoms with Gasteiger partial charge in [-0.3, -0.25) is 0 Å². The number of phenols is 1. The smallest absolute Gasteiger partial charge is 0.121 e. The number of phenolic OH excluding ortho intramolecular Hbond substituents is 1. The summed E-state index contributed by atoms with van der Waals surface area (Å²) in [4.78, 5) is 0. The van der Waals surface area contributed by atoms with Crippen molar-refractivity contribution >= 4 is 0 Å². The van der Waals surface area contributed by atoms with Gasteiger partial charge in [-0.25, -0.2) is 0 Å². The molecule has 0 bridgehead atoms. The van der Waals surface area contributed by atoms with E-state index in [1.807, 2.05) is 13.8 Å². The van der Waals surface area contributed by atoms with E-state index in [0.29, 0.717) is 11.8 Å². The fraction of sp³-hybridized carbons (Fsp3) is 0.538. The summed E-state index contributed by atoms with van der Waals surface area (Å²) in [6.45, 7) is 9.17. The lowest BCUT2D eigenvalue weighted by molar-refractivity contribution is 0.466. The van der Waals surface area contributed by atoms with Crippen LogP contribution in [0.15, 0.2) is 12.1 Å². The third kappa shape index (κ3) is 3.56. The molecule has 0 radical (unpaired) electrons. The van der Waals surface area contributed by atoms with Crippen molar-refractivity contribution in [3.63, 3.8) is 0 Å². The summed E-state index contributed by atoms with van der Waals surface area (Å²) in [7, 11) is 0.